The summed E-state index contributed by atoms with van der Waals surface area (Å²) in [6.07, 6.45) is 1.40. The molecule has 6 nitrogen and oxygen atoms in total. The van der Waals surface area contributed by atoms with Crippen LogP contribution in [0.1, 0.15) is 36.2 Å². The Balaban J connectivity index is 1.54. The Morgan fingerprint density at radius 1 is 1.19 bits per heavy atom. The number of amides is 1. The highest BCUT2D eigenvalue weighted by Gasteiger charge is 2.20. The standard InChI is InChI=1S/C24H27N2O4PS/c1-24(2,28)12-13-30-31(29)14-11-17-5-7-18(8-6-17)23(27)26-21-16-19(9-10-20(21)25)22-4-3-15-32-22/h3-10,15-16,28H,11-14,25H2,1-2H3/p+1. The molecule has 1 heterocycles. The molecule has 0 saturated heterocycles. The maximum atomic E-state index is 12.7. The second-order valence-electron chi connectivity index (χ2n) is 8.13. The van der Waals surface area contributed by atoms with Crippen LogP contribution in [0.5, 0.6) is 0 Å². The predicted octanol–water partition coefficient (Wildman–Crippen LogP) is 5.71. The summed E-state index contributed by atoms with van der Waals surface area (Å²) in [7, 11) is -1.79. The van der Waals surface area contributed by atoms with Crippen LogP contribution in [0.25, 0.3) is 10.4 Å². The number of nitrogens with one attached hydrogen (secondary N) is 1. The van der Waals surface area contributed by atoms with E-state index in [0.717, 1.165) is 16.0 Å². The average molecular weight is 472 g/mol. The quantitative estimate of drug-likeness (QED) is 0.260. The molecule has 8 heteroatoms. The molecule has 1 atom stereocenters. The van der Waals surface area contributed by atoms with E-state index in [0.29, 0.717) is 35.9 Å². The third-order valence-corrected chi connectivity index (χ3v) is 6.83. The third-order valence-electron chi connectivity index (χ3n) is 4.86. The van der Waals surface area contributed by atoms with Crippen LogP contribution in [-0.4, -0.2) is 29.4 Å². The number of carbonyl (C=O) groups is 1. The van der Waals surface area contributed by atoms with Crippen LogP contribution in [0.3, 0.4) is 0 Å². The van der Waals surface area contributed by atoms with Gasteiger partial charge in [0.2, 0.25) is 0 Å². The number of thiophene rings is 1. The van der Waals surface area contributed by atoms with Gasteiger partial charge in [-0.1, -0.05) is 24.3 Å². The Hall–Kier alpha value is -2.57. The molecule has 1 aromatic heterocycles. The van der Waals surface area contributed by atoms with E-state index in [4.69, 9.17) is 10.3 Å². The summed E-state index contributed by atoms with van der Waals surface area (Å²) >= 11 is 1.62. The molecule has 0 aliphatic heterocycles. The van der Waals surface area contributed by atoms with Gasteiger partial charge in [0.1, 0.15) is 6.61 Å². The van der Waals surface area contributed by atoms with E-state index in [1.165, 1.54) is 0 Å². The van der Waals surface area contributed by atoms with Gasteiger partial charge in [0.15, 0.2) is 6.16 Å². The molecule has 2 aromatic carbocycles. The molecule has 3 rings (SSSR count). The monoisotopic (exact) mass is 471 g/mol. The van der Waals surface area contributed by atoms with Crippen LogP contribution in [0.2, 0.25) is 0 Å². The van der Waals surface area contributed by atoms with Crippen LogP contribution in [0.4, 0.5) is 11.4 Å². The molecule has 32 heavy (non-hydrogen) atoms. The second kappa shape index (κ2) is 10.8. The molecule has 0 spiro atoms. The van der Waals surface area contributed by atoms with Gasteiger partial charge >= 0.3 is 8.03 Å². The summed E-state index contributed by atoms with van der Waals surface area (Å²) in [6, 6.07) is 16.8. The van der Waals surface area contributed by atoms with E-state index in [2.05, 4.69) is 5.32 Å². The van der Waals surface area contributed by atoms with Crippen molar-refractivity contribution in [2.45, 2.75) is 32.3 Å². The summed E-state index contributed by atoms with van der Waals surface area (Å²) in [5.41, 5.74) is 8.78. The molecule has 0 fully saturated rings. The van der Waals surface area contributed by atoms with Gasteiger partial charge in [-0.05, 0) is 65.3 Å². The van der Waals surface area contributed by atoms with Crippen LogP contribution < -0.4 is 11.1 Å². The average Bonchev–Trinajstić information content (AvgIpc) is 3.28. The Bertz CT molecular complexity index is 1060. The molecule has 3 aromatic rings. The number of aliphatic hydroxyl groups is 1. The first kappa shape index (κ1) is 24.1. The van der Waals surface area contributed by atoms with Gasteiger partial charge in [-0.15, -0.1) is 15.9 Å². The fraction of sp³-hybridized carbons (Fsp3) is 0.292. The molecular formula is C24H28N2O4PS+. The van der Waals surface area contributed by atoms with E-state index in [-0.39, 0.29) is 12.5 Å². The van der Waals surface area contributed by atoms with Crippen molar-refractivity contribution in [3.05, 3.63) is 71.1 Å². The molecule has 0 aliphatic carbocycles. The summed E-state index contributed by atoms with van der Waals surface area (Å²) in [5, 5.41) is 14.6. The Labute approximate surface area is 193 Å². The van der Waals surface area contributed by atoms with Crippen molar-refractivity contribution >= 4 is 36.6 Å². The van der Waals surface area contributed by atoms with Gasteiger partial charge in [0, 0.05) is 23.3 Å². The number of benzene rings is 2. The smallest absolute Gasteiger partial charge is 0.397 e. The molecule has 1 amide bonds. The van der Waals surface area contributed by atoms with Crippen molar-refractivity contribution < 1.29 is 19.0 Å². The number of nitrogens with two attached hydrogens (primary N) is 1. The van der Waals surface area contributed by atoms with Crippen molar-refractivity contribution in [3.8, 4) is 10.4 Å². The molecule has 0 aliphatic rings. The van der Waals surface area contributed by atoms with E-state index >= 15 is 0 Å². The van der Waals surface area contributed by atoms with E-state index < -0.39 is 13.6 Å². The minimum absolute atomic E-state index is 0.243. The highest BCUT2D eigenvalue weighted by atomic mass is 32.1. The lowest BCUT2D eigenvalue weighted by molar-refractivity contribution is 0.0566. The molecule has 0 saturated carbocycles. The van der Waals surface area contributed by atoms with Crippen molar-refractivity contribution in [2.24, 2.45) is 0 Å². The topological polar surface area (TPSA) is 102 Å². The van der Waals surface area contributed by atoms with Crippen molar-refractivity contribution in [3.63, 3.8) is 0 Å². The highest BCUT2D eigenvalue weighted by Crippen LogP contribution is 2.30. The Morgan fingerprint density at radius 2 is 1.94 bits per heavy atom. The van der Waals surface area contributed by atoms with Gasteiger partial charge in [-0.25, -0.2) is 0 Å². The third kappa shape index (κ3) is 7.24. The lowest BCUT2D eigenvalue weighted by atomic mass is 10.1. The second-order valence-corrected chi connectivity index (χ2v) is 10.5. The molecule has 0 bridgehead atoms. The first-order valence-electron chi connectivity index (χ1n) is 10.3. The van der Waals surface area contributed by atoms with Crippen molar-refractivity contribution in [1.29, 1.82) is 0 Å². The summed E-state index contributed by atoms with van der Waals surface area (Å²) in [6.45, 7) is 3.64. The maximum absolute atomic E-state index is 12.7. The van der Waals surface area contributed by atoms with Crippen molar-refractivity contribution in [1.82, 2.24) is 0 Å². The normalized spacial score (nSPS) is 11.9. The Morgan fingerprint density at radius 3 is 2.59 bits per heavy atom. The van der Waals surface area contributed by atoms with Gasteiger partial charge in [0.05, 0.1) is 17.0 Å². The molecular weight excluding hydrogens is 443 g/mol. The van der Waals surface area contributed by atoms with Crippen LogP contribution in [-0.2, 0) is 15.5 Å². The van der Waals surface area contributed by atoms with Gasteiger partial charge in [-0.2, -0.15) is 0 Å². The fourth-order valence-corrected chi connectivity index (χ4v) is 4.55. The zero-order valence-electron chi connectivity index (χ0n) is 18.2. The molecule has 1 unspecified atom stereocenters. The van der Waals surface area contributed by atoms with Crippen LogP contribution in [0, 0.1) is 0 Å². The highest BCUT2D eigenvalue weighted by molar-refractivity contribution is 7.39. The van der Waals surface area contributed by atoms with Crippen LogP contribution >= 0.6 is 19.4 Å². The first-order valence-corrected chi connectivity index (χ1v) is 12.6. The number of hydrogen-bond acceptors (Lipinski definition) is 6. The van der Waals surface area contributed by atoms with Crippen molar-refractivity contribution in [2.75, 3.05) is 23.8 Å². The van der Waals surface area contributed by atoms with E-state index in [1.54, 1.807) is 43.4 Å². The van der Waals surface area contributed by atoms with Gasteiger partial charge in [-0.3, -0.25) is 4.79 Å². The predicted molar refractivity (Wildman–Crippen MR) is 132 cm³/mol. The summed E-state index contributed by atoms with van der Waals surface area (Å²) in [5.74, 6) is -0.243. The first-order chi connectivity index (χ1) is 15.2. The maximum Gasteiger partial charge on any atom is 0.508 e. The number of rotatable bonds is 10. The lowest BCUT2D eigenvalue weighted by Crippen LogP contribution is -2.20. The number of nitrogen functional groups attached to an aromatic ring is 1. The molecule has 0 radical (unpaired) electrons. The number of anilines is 2. The van der Waals surface area contributed by atoms with E-state index in [1.807, 2.05) is 41.8 Å². The number of hydrogen-bond donors (Lipinski definition) is 3. The molecule has 168 valence electrons. The number of carbonyl (C=O) groups excluding carboxylic acids is 1. The zero-order chi connectivity index (χ0) is 23.1. The van der Waals surface area contributed by atoms with Crippen LogP contribution in [0.15, 0.2) is 60.0 Å². The SMILES string of the molecule is CC(C)(O)CCO[P+](=O)CCc1ccc(C(=O)Nc2cc(-c3cccs3)ccc2N)cc1. The van der Waals surface area contributed by atoms with Gasteiger partial charge in [0.25, 0.3) is 5.91 Å². The number of aryl methyl sites for hydroxylation is 1. The Kier molecular flexibility index (Phi) is 8.15. The molecule has 4 N–H and O–H groups in total. The summed E-state index contributed by atoms with van der Waals surface area (Å²) in [4.78, 5) is 13.8. The van der Waals surface area contributed by atoms with Gasteiger partial charge < -0.3 is 16.2 Å². The zero-order valence-corrected chi connectivity index (χ0v) is 19.9. The van der Waals surface area contributed by atoms with E-state index in [9.17, 15) is 14.5 Å². The minimum Gasteiger partial charge on any atom is -0.397 e. The largest absolute Gasteiger partial charge is 0.508 e. The fourth-order valence-electron chi connectivity index (χ4n) is 2.96. The summed E-state index contributed by atoms with van der Waals surface area (Å²) < 4.78 is 17.3. The lowest BCUT2D eigenvalue weighted by Gasteiger charge is -2.13. The minimum atomic E-state index is -1.79.